The summed E-state index contributed by atoms with van der Waals surface area (Å²) in [5.74, 6) is 0.109. The van der Waals surface area contributed by atoms with Crippen LogP contribution in [0.5, 0.6) is 5.75 Å². The van der Waals surface area contributed by atoms with Crippen molar-refractivity contribution in [1.82, 2.24) is 0 Å². The Balaban J connectivity index is 1.73. The van der Waals surface area contributed by atoms with Crippen LogP contribution in [0.1, 0.15) is 80.8 Å². The summed E-state index contributed by atoms with van der Waals surface area (Å²) in [7, 11) is 0. The van der Waals surface area contributed by atoms with Crippen molar-refractivity contribution in [2.24, 2.45) is 5.92 Å². The van der Waals surface area contributed by atoms with Gasteiger partial charge in [-0.05, 0) is 36.8 Å². The van der Waals surface area contributed by atoms with Crippen LogP contribution in [0.3, 0.4) is 0 Å². The maximum atomic E-state index is 11.8. The minimum absolute atomic E-state index is 0.0349. The second kappa shape index (κ2) is 8.78. The number of rotatable bonds is 8. The molecule has 6 atom stereocenters. The summed E-state index contributed by atoms with van der Waals surface area (Å²) in [5.41, 5.74) is 1.04. The fourth-order valence-corrected chi connectivity index (χ4v) is 5.39. The Morgan fingerprint density at radius 1 is 1.28 bits per heavy atom. The second-order valence-electron chi connectivity index (χ2n) is 9.62. The number of aliphatic hydroxyl groups is 2. The maximum Gasteiger partial charge on any atom is 0.189 e. The summed E-state index contributed by atoms with van der Waals surface area (Å²) in [5, 5.41) is 33.0. The minimum atomic E-state index is -1.20. The van der Waals surface area contributed by atoms with Gasteiger partial charge in [-0.2, -0.15) is 0 Å². The molecule has 2 aromatic rings. The fraction of sp³-hybridized carbons (Fsp3) is 0.640. The SMILES string of the molecule is CCC[C@@H](c1coc2c(C=O)c(O)c(CC(C)C)cc12)[C@H]1C[C@@H](O)[C@@]2(O[C@@H]2CC)C(O)O1. The van der Waals surface area contributed by atoms with Crippen LogP contribution >= 0.6 is 0 Å². The molecule has 1 spiro atoms. The summed E-state index contributed by atoms with van der Waals surface area (Å²) < 4.78 is 17.5. The molecule has 0 aliphatic carbocycles. The van der Waals surface area contributed by atoms with Gasteiger partial charge in [0.2, 0.25) is 0 Å². The maximum absolute atomic E-state index is 11.8. The number of carbonyl (C=O) groups excluding carboxylic acids is 1. The predicted octanol–water partition coefficient (Wildman–Crippen LogP) is 4.05. The van der Waals surface area contributed by atoms with Crippen LogP contribution in [0.2, 0.25) is 0 Å². The van der Waals surface area contributed by atoms with Crippen molar-refractivity contribution in [3.63, 3.8) is 0 Å². The summed E-state index contributed by atoms with van der Waals surface area (Å²) in [6.45, 7) is 8.13. The van der Waals surface area contributed by atoms with E-state index in [4.69, 9.17) is 13.9 Å². The summed E-state index contributed by atoms with van der Waals surface area (Å²) in [4.78, 5) is 11.8. The molecule has 1 unspecified atom stereocenters. The molecule has 7 heteroatoms. The lowest BCUT2D eigenvalue weighted by Gasteiger charge is -2.39. The number of aromatic hydroxyl groups is 1. The van der Waals surface area contributed by atoms with Crippen molar-refractivity contribution >= 4 is 17.3 Å². The van der Waals surface area contributed by atoms with E-state index in [0.717, 1.165) is 23.8 Å². The van der Waals surface area contributed by atoms with E-state index in [-0.39, 0.29) is 23.3 Å². The highest BCUT2D eigenvalue weighted by Crippen LogP contribution is 2.51. The first-order chi connectivity index (χ1) is 15.3. The van der Waals surface area contributed by atoms with Gasteiger partial charge >= 0.3 is 0 Å². The zero-order valence-electron chi connectivity index (χ0n) is 19.2. The zero-order chi connectivity index (χ0) is 23.2. The number of fused-ring (bicyclic) bond motifs is 1. The highest BCUT2D eigenvalue weighted by Gasteiger charge is 2.68. The van der Waals surface area contributed by atoms with Crippen molar-refractivity contribution in [3.05, 3.63) is 29.0 Å². The highest BCUT2D eigenvalue weighted by molar-refractivity contribution is 6.00. The van der Waals surface area contributed by atoms with E-state index >= 15 is 0 Å². The third kappa shape index (κ3) is 3.65. The molecule has 0 amide bonds. The zero-order valence-corrected chi connectivity index (χ0v) is 19.2. The van der Waals surface area contributed by atoms with Crippen molar-refractivity contribution in [2.45, 2.75) is 95.9 Å². The van der Waals surface area contributed by atoms with Gasteiger partial charge in [0.1, 0.15) is 11.3 Å². The molecule has 2 aliphatic rings. The molecule has 0 bridgehead atoms. The molecule has 2 aliphatic heterocycles. The van der Waals surface area contributed by atoms with Gasteiger partial charge in [-0.25, -0.2) is 0 Å². The number of carbonyl (C=O) groups is 1. The average molecular weight is 447 g/mol. The Morgan fingerprint density at radius 3 is 2.59 bits per heavy atom. The molecule has 7 nitrogen and oxygen atoms in total. The molecular weight excluding hydrogens is 412 g/mol. The number of benzene rings is 1. The Hall–Kier alpha value is -1.93. The van der Waals surface area contributed by atoms with Gasteiger partial charge in [0.25, 0.3) is 0 Å². The lowest BCUT2D eigenvalue weighted by Crippen LogP contribution is -2.53. The molecule has 32 heavy (non-hydrogen) atoms. The predicted molar refractivity (Wildman–Crippen MR) is 119 cm³/mol. The Morgan fingerprint density at radius 2 is 2.03 bits per heavy atom. The van der Waals surface area contributed by atoms with Crippen molar-refractivity contribution in [3.8, 4) is 5.75 Å². The van der Waals surface area contributed by atoms with E-state index in [1.54, 1.807) is 6.26 Å². The normalized spacial score (nSPS) is 30.8. The van der Waals surface area contributed by atoms with Gasteiger partial charge in [0.05, 0.1) is 30.1 Å². The molecule has 1 aromatic carbocycles. The van der Waals surface area contributed by atoms with Crippen molar-refractivity contribution in [1.29, 1.82) is 0 Å². The van der Waals surface area contributed by atoms with E-state index in [2.05, 4.69) is 20.8 Å². The van der Waals surface area contributed by atoms with Crippen LogP contribution in [0, 0.1) is 5.92 Å². The van der Waals surface area contributed by atoms with Crippen LogP contribution in [-0.2, 0) is 15.9 Å². The largest absolute Gasteiger partial charge is 0.507 e. The molecule has 3 heterocycles. The van der Waals surface area contributed by atoms with Crippen LogP contribution in [-0.4, -0.2) is 51.8 Å². The molecule has 3 N–H and O–H groups in total. The number of ether oxygens (including phenoxy) is 2. The van der Waals surface area contributed by atoms with Crippen molar-refractivity contribution < 1.29 is 34.0 Å². The first kappa shape index (κ1) is 23.2. The molecule has 2 fully saturated rings. The summed E-state index contributed by atoms with van der Waals surface area (Å²) in [6.07, 6.45) is 2.85. The van der Waals surface area contributed by atoms with E-state index in [1.165, 1.54) is 0 Å². The standard InChI is InChI=1S/C25H34O7/c1-5-7-15(19-10-20(27)25(24(29)31-19)21(6-2)32-25)18-12-30-23-16(18)9-14(8-13(3)4)22(28)17(23)11-26/h9,11-13,15,19-21,24,27-29H,5-8,10H2,1-4H3/t15-,19+,20+,21+,24?,25-/m0/s1. The lowest BCUT2D eigenvalue weighted by atomic mass is 9.80. The average Bonchev–Trinajstić information content (AvgIpc) is 3.36. The topological polar surface area (TPSA) is 113 Å². The van der Waals surface area contributed by atoms with E-state index < -0.39 is 24.1 Å². The van der Waals surface area contributed by atoms with Gasteiger partial charge in [0.15, 0.2) is 18.2 Å². The minimum Gasteiger partial charge on any atom is -0.507 e. The third-order valence-electron chi connectivity index (χ3n) is 7.01. The number of hydrogen-bond donors (Lipinski definition) is 3. The Kier molecular flexibility index (Phi) is 6.38. The Labute approximate surface area is 188 Å². The number of aliphatic hydroxyl groups excluding tert-OH is 2. The van der Waals surface area contributed by atoms with Gasteiger partial charge in [-0.3, -0.25) is 4.79 Å². The van der Waals surface area contributed by atoms with Gasteiger partial charge in [-0.1, -0.05) is 34.1 Å². The van der Waals surface area contributed by atoms with Crippen LogP contribution in [0.4, 0.5) is 0 Å². The van der Waals surface area contributed by atoms with E-state index in [1.807, 2.05) is 13.0 Å². The first-order valence-electron chi connectivity index (χ1n) is 11.7. The fourth-order valence-electron chi connectivity index (χ4n) is 5.39. The number of epoxide rings is 1. The lowest BCUT2D eigenvalue weighted by molar-refractivity contribution is -0.236. The van der Waals surface area contributed by atoms with Crippen LogP contribution in [0.25, 0.3) is 11.0 Å². The van der Waals surface area contributed by atoms with Gasteiger partial charge in [0, 0.05) is 23.3 Å². The Bertz CT molecular complexity index is 966. The monoisotopic (exact) mass is 446 g/mol. The van der Waals surface area contributed by atoms with E-state index in [9.17, 15) is 20.1 Å². The van der Waals surface area contributed by atoms with E-state index in [0.29, 0.717) is 42.6 Å². The molecule has 1 aromatic heterocycles. The first-order valence-corrected chi connectivity index (χ1v) is 11.7. The molecular formula is C25H34O7. The highest BCUT2D eigenvalue weighted by atomic mass is 16.7. The smallest absolute Gasteiger partial charge is 0.189 e. The number of furan rings is 1. The molecule has 4 rings (SSSR count). The number of phenols is 1. The van der Waals surface area contributed by atoms with Crippen LogP contribution < -0.4 is 0 Å². The molecule has 0 radical (unpaired) electrons. The molecule has 176 valence electrons. The summed E-state index contributed by atoms with van der Waals surface area (Å²) >= 11 is 0. The summed E-state index contributed by atoms with van der Waals surface area (Å²) in [6, 6.07) is 1.90. The molecule has 2 saturated heterocycles. The van der Waals surface area contributed by atoms with Gasteiger partial charge in [-0.15, -0.1) is 0 Å². The number of hydrogen-bond acceptors (Lipinski definition) is 7. The number of aldehydes is 1. The quantitative estimate of drug-likeness (QED) is 0.414. The second-order valence-corrected chi connectivity index (χ2v) is 9.62. The van der Waals surface area contributed by atoms with Crippen molar-refractivity contribution in [2.75, 3.05) is 0 Å². The number of phenolic OH excluding ortho intramolecular Hbond substituents is 1. The van der Waals surface area contributed by atoms with Gasteiger partial charge < -0.3 is 29.2 Å². The molecule has 0 saturated carbocycles. The third-order valence-corrected chi connectivity index (χ3v) is 7.01. The van der Waals surface area contributed by atoms with Crippen LogP contribution in [0.15, 0.2) is 16.7 Å².